The summed E-state index contributed by atoms with van der Waals surface area (Å²) in [5.74, 6) is 4.75. The van der Waals surface area contributed by atoms with Gasteiger partial charge < -0.3 is 15.1 Å². The van der Waals surface area contributed by atoms with Gasteiger partial charge in [0.1, 0.15) is 0 Å². The molecule has 7 heteroatoms. The Morgan fingerprint density at radius 2 is 1.62 bits per heavy atom. The lowest BCUT2D eigenvalue weighted by atomic mass is 10.0. The minimum atomic E-state index is -1.92. The van der Waals surface area contributed by atoms with Crippen LogP contribution in [0.15, 0.2) is 85.1 Å². The fourth-order valence-corrected chi connectivity index (χ4v) is 4.95. The van der Waals surface area contributed by atoms with Gasteiger partial charge in [0.2, 0.25) is 0 Å². The predicted octanol–water partition coefficient (Wildman–Crippen LogP) is 4.42. The first-order valence-corrected chi connectivity index (χ1v) is 12.4. The second-order valence-corrected chi connectivity index (χ2v) is 9.48. The van der Waals surface area contributed by atoms with E-state index in [2.05, 4.69) is 11.8 Å². The van der Waals surface area contributed by atoms with Gasteiger partial charge in [0, 0.05) is 34.3 Å². The third-order valence-corrected chi connectivity index (χ3v) is 6.86. The lowest BCUT2D eigenvalue weighted by Gasteiger charge is -2.28. The molecule has 1 unspecified atom stereocenters. The highest BCUT2D eigenvalue weighted by Crippen LogP contribution is 2.33. The lowest BCUT2D eigenvalue weighted by Crippen LogP contribution is -2.48. The van der Waals surface area contributed by atoms with Gasteiger partial charge in [0.05, 0.1) is 11.6 Å². The number of aliphatic hydroxyl groups excluding tert-OH is 2. The third kappa shape index (κ3) is 5.16. The van der Waals surface area contributed by atoms with E-state index in [1.54, 1.807) is 30.3 Å². The molecule has 1 aliphatic rings. The summed E-state index contributed by atoms with van der Waals surface area (Å²) in [6, 6.07) is 23.7. The molecule has 2 heterocycles. The summed E-state index contributed by atoms with van der Waals surface area (Å²) >= 11 is 6.12. The first kappa shape index (κ1) is 24.8. The molecular formula is C30H25ClN2O4. The highest BCUT2D eigenvalue weighted by atomic mass is 35.5. The van der Waals surface area contributed by atoms with E-state index in [0.29, 0.717) is 23.5 Å². The maximum atomic E-state index is 13.1. The van der Waals surface area contributed by atoms with E-state index in [4.69, 9.17) is 11.6 Å². The summed E-state index contributed by atoms with van der Waals surface area (Å²) in [4.78, 5) is 27.8. The zero-order valence-electron chi connectivity index (χ0n) is 19.9. The van der Waals surface area contributed by atoms with Crippen molar-refractivity contribution in [2.45, 2.75) is 31.1 Å². The van der Waals surface area contributed by atoms with Crippen molar-refractivity contribution >= 4 is 34.3 Å². The molecule has 0 radical (unpaired) electrons. The summed E-state index contributed by atoms with van der Waals surface area (Å²) in [5, 5.41) is 22.7. The Kier molecular flexibility index (Phi) is 7.11. The summed E-state index contributed by atoms with van der Waals surface area (Å²) in [6.07, 6.45) is -0.827. The summed E-state index contributed by atoms with van der Waals surface area (Å²) in [7, 11) is 0. The Bertz CT molecular complexity index is 1520. The molecular weight excluding hydrogens is 488 g/mol. The van der Waals surface area contributed by atoms with Crippen molar-refractivity contribution in [3.63, 3.8) is 0 Å². The molecule has 3 atom stereocenters. The van der Waals surface area contributed by atoms with Crippen molar-refractivity contribution < 1.29 is 19.8 Å². The normalized spacial score (nSPS) is 16.7. The number of carbonyl (C=O) groups excluding carboxylic acids is 2. The van der Waals surface area contributed by atoms with Crippen LogP contribution in [0.2, 0.25) is 5.02 Å². The Hall–Kier alpha value is -3.89. The SMILES string of the molecule is O=C([C@H](O)[C@@H](O)C(=O)n1ccc2cc(C#Cc3ccccc3)ccc21)N1CCCC1c1cccc(Cl)c1. The van der Waals surface area contributed by atoms with E-state index in [1.165, 1.54) is 15.7 Å². The number of amides is 1. The number of halogens is 1. The van der Waals surface area contributed by atoms with Crippen molar-refractivity contribution in [1.82, 2.24) is 9.47 Å². The molecule has 1 saturated heterocycles. The molecule has 0 bridgehead atoms. The molecule has 0 aliphatic carbocycles. The van der Waals surface area contributed by atoms with Gasteiger partial charge in [-0.25, -0.2) is 0 Å². The van der Waals surface area contributed by atoms with Crippen LogP contribution in [0.5, 0.6) is 0 Å². The highest BCUT2D eigenvalue weighted by Gasteiger charge is 2.39. The zero-order chi connectivity index (χ0) is 25.9. The fourth-order valence-electron chi connectivity index (χ4n) is 4.75. The van der Waals surface area contributed by atoms with E-state index in [0.717, 1.165) is 28.5 Å². The molecule has 1 amide bonds. The van der Waals surface area contributed by atoms with Crippen LogP contribution in [0.4, 0.5) is 0 Å². The Balaban J connectivity index is 1.32. The minimum Gasteiger partial charge on any atom is -0.380 e. The topological polar surface area (TPSA) is 82.8 Å². The maximum Gasteiger partial charge on any atom is 0.263 e. The molecule has 37 heavy (non-hydrogen) atoms. The van der Waals surface area contributed by atoms with Gasteiger partial charge in [-0.3, -0.25) is 14.2 Å². The van der Waals surface area contributed by atoms with E-state index in [9.17, 15) is 19.8 Å². The first-order chi connectivity index (χ1) is 17.9. The smallest absolute Gasteiger partial charge is 0.263 e. The van der Waals surface area contributed by atoms with Gasteiger partial charge in [-0.05, 0) is 66.9 Å². The molecule has 186 valence electrons. The summed E-state index contributed by atoms with van der Waals surface area (Å²) < 4.78 is 1.25. The van der Waals surface area contributed by atoms with Crippen molar-refractivity contribution in [1.29, 1.82) is 0 Å². The minimum absolute atomic E-state index is 0.272. The molecule has 3 aromatic carbocycles. The van der Waals surface area contributed by atoms with Crippen molar-refractivity contribution in [3.8, 4) is 11.8 Å². The first-order valence-electron chi connectivity index (χ1n) is 12.1. The van der Waals surface area contributed by atoms with Crippen molar-refractivity contribution in [3.05, 3.63) is 107 Å². The maximum absolute atomic E-state index is 13.1. The number of carbonyl (C=O) groups is 2. The number of aliphatic hydroxyl groups is 2. The summed E-state index contributed by atoms with van der Waals surface area (Å²) in [5.41, 5.74) is 3.08. The van der Waals surface area contributed by atoms with Gasteiger partial charge in [0.25, 0.3) is 11.8 Å². The Morgan fingerprint density at radius 3 is 2.41 bits per heavy atom. The average Bonchev–Trinajstić information content (AvgIpc) is 3.58. The van der Waals surface area contributed by atoms with Gasteiger partial charge >= 0.3 is 0 Å². The summed E-state index contributed by atoms with van der Waals surface area (Å²) in [6.45, 7) is 0.424. The third-order valence-electron chi connectivity index (χ3n) is 6.63. The van der Waals surface area contributed by atoms with Crippen LogP contribution >= 0.6 is 11.6 Å². The Morgan fingerprint density at radius 1 is 0.865 bits per heavy atom. The number of benzene rings is 3. The molecule has 0 saturated carbocycles. The van der Waals surface area contributed by atoms with E-state index >= 15 is 0 Å². The number of fused-ring (bicyclic) bond motifs is 1. The van der Waals surface area contributed by atoms with Crippen LogP contribution in [0.1, 0.15) is 40.4 Å². The molecule has 1 fully saturated rings. The molecule has 4 aromatic rings. The quantitative estimate of drug-likeness (QED) is 0.397. The van der Waals surface area contributed by atoms with Crippen LogP contribution in [0, 0.1) is 11.8 Å². The van der Waals surface area contributed by atoms with Crippen LogP contribution in [0.25, 0.3) is 10.9 Å². The fraction of sp³-hybridized carbons (Fsp3) is 0.200. The molecule has 1 aliphatic heterocycles. The molecule has 0 spiro atoms. The second-order valence-electron chi connectivity index (χ2n) is 9.05. The zero-order valence-corrected chi connectivity index (χ0v) is 20.7. The van der Waals surface area contributed by atoms with Gasteiger partial charge in [-0.2, -0.15) is 0 Å². The number of hydrogen-bond donors (Lipinski definition) is 2. The van der Waals surface area contributed by atoms with Gasteiger partial charge in [-0.15, -0.1) is 0 Å². The number of rotatable bonds is 4. The standard InChI is InChI=1S/C30H25ClN2O4/c31-24-9-4-8-22(19-24)25-10-5-16-32(25)29(36)27(34)28(35)30(37)33-17-15-23-18-21(13-14-26(23)33)12-11-20-6-2-1-3-7-20/h1-4,6-9,13-15,17-19,25,27-28,34-35H,5,10,16H2/t25?,27-,28-/m1/s1. The number of nitrogens with zero attached hydrogens (tertiary/aromatic N) is 2. The highest BCUT2D eigenvalue weighted by molar-refractivity contribution is 6.30. The van der Waals surface area contributed by atoms with Crippen LogP contribution < -0.4 is 0 Å². The average molecular weight is 513 g/mol. The molecule has 6 nitrogen and oxygen atoms in total. The van der Waals surface area contributed by atoms with E-state index in [-0.39, 0.29) is 6.04 Å². The lowest BCUT2D eigenvalue weighted by molar-refractivity contribution is -0.145. The predicted molar refractivity (Wildman–Crippen MR) is 142 cm³/mol. The molecule has 1 aromatic heterocycles. The second kappa shape index (κ2) is 10.6. The van der Waals surface area contributed by atoms with Crippen LogP contribution in [0.3, 0.4) is 0 Å². The molecule has 2 N–H and O–H groups in total. The van der Waals surface area contributed by atoms with Crippen molar-refractivity contribution in [2.24, 2.45) is 0 Å². The van der Waals surface area contributed by atoms with E-state index in [1.807, 2.05) is 48.5 Å². The van der Waals surface area contributed by atoms with Gasteiger partial charge in [-0.1, -0.05) is 53.8 Å². The van der Waals surface area contributed by atoms with Gasteiger partial charge in [0.15, 0.2) is 12.2 Å². The largest absolute Gasteiger partial charge is 0.380 e. The van der Waals surface area contributed by atoms with E-state index < -0.39 is 24.0 Å². The molecule has 5 rings (SSSR count). The van der Waals surface area contributed by atoms with Crippen molar-refractivity contribution in [2.75, 3.05) is 6.54 Å². The number of hydrogen-bond acceptors (Lipinski definition) is 4. The monoisotopic (exact) mass is 512 g/mol. The van der Waals surface area contributed by atoms with Crippen LogP contribution in [-0.2, 0) is 4.79 Å². The Labute approximate surface area is 219 Å². The van der Waals surface area contributed by atoms with Crippen LogP contribution in [-0.4, -0.2) is 50.2 Å². The number of aromatic nitrogens is 1. The number of likely N-dealkylation sites (tertiary alicyclic amines) is 1.